The highest BCUT2D eigenvalue weighted by Gasteiger charge is 2.07. The first-order valence-corrected chi connectivity index (χ1v) is 6.42. The maximum Gasteiger partial charge on any atom is 0.146 e. The van der Waals surface area contributed by atoms with Gasteiger partial charge >= 0.3 is 0 Å². The standard InChI is InChI=1S/C13H21N5/c1-4-6-14-11(2)12-5-7-18(8-12)9-13-15-10-16-17(13)3/h5,7-8,10-11,14H,4,6,9H2,1-3H3. The molecule has 1 unspecified atom stereocenters. The quantitative estimate of drug-likeness (QED) is 0.845. The van der Waals surface area contributed by atoms with Gasteiger partial charge in [-0.3, -0.25) is 4.68 Å². The fourth-order valence-electron chi connectivity index (χ4n) is 1.92. The van der Waals surface area contributed by atoms with Crippen molar-refractivity contribution in [2.45, 2.75) is 32.9 Å². The molecule has 0 saturated carbocycles. The number of aromatic nitrogens is 4. The van der Waals surface area contributed by atoms with Gasteiger partial charge < -0.3 is 9.88 Å². The molecule has 0 radical (unpaired) electrons. The van der Waals surface area contributed by atoms with Crippen LogP contribution in [0.2, 0.25) is 0 Å². The third-order valence-corrected chi connectivity index (χ3v) is 3.10. The molecule has 0 aliphatic carbocycles. The van der Waals surface area contributed by atoms with Gasteiger partial charge in [0.2, 0.25) is 0 Å². The number of aryl methyl sites for hydroxylation is 1. The molecule has 1 N–H and O–H groups in total. The van der Waals surface area contributed by atoms with E-state index in [2.05, 4.69) is 52.3 Å². The second kappa shape index (κ2) is 5.82. The van der Waals surface area contributed by atoms with E-state index in [1.54, 1.807) is 11.0 Å². The molecule has 0 saturated heterocycles. The third-order valence-electron chi connectivity index (χ3n) is 3.10. The van der Waals surface area contributed by atoms with Crippen LogP contribution in [0.5, 0.6) is 0 Å². The molecule has 0 spiro atoms. The van der Waals surface area contributed by atoms with Gasteiger partial charge in [0.1, 0.15) is 12.2 Å². The van der Waals surface area contributed by atoms with Crippen molar-refractivity contribution >= 4 is 0 Å². The van der Waals surface area contributed by atoms with Gasteiger partial charge in [0.15, 0.2) is 0 Å². The predicted molar refractivity (Wildman–Crippen MR) is 71.2 cm³/mol. The molecule has 2 aromatic heterocycles. The first-order chi connectivity index (χ1) is 8.70. The summed E-state index contributed by atoms with van der Waals surface area (Å²) in [5, 5.41) is 7.56. The maximum absolute atomic E-state index is 4.23. The zero-order valence-electron chi connectivity index (χ0n) is 11.3. The smallest absolute Gasteiger partial charge is 0.146 e. The molecule has 5 nitrogen and oxygen atoms in total. The van der Waals surface area contributed by atoms with Gasteiger partial charge in [-0.25, -0.2) is 4.98 Å². The van der Waals surface area contributed by atoms with Crippen LogP contribution in [-0.4, -0.2) is 25.9 Å². The van der Waals surface area contributed by atoms with E-state index >= 15 is 0 Å². The Morgan fingerprint density at radius 2 is 2.28 bits per heavy atom. The average Bonchev–Trinajstić information content (AvgIpc) is 2.97. The highest BCUT2D eigenvalue weighted by molar-refractivity contribution is 5.15. The lowest BCUT2D eigenvalue weighted by Crippen LogP contribution is -2.18. The van der Waals surface area contributed by atoms with Gasteiger partial charge in [-0.2, -0.15) is 5.10 Å². The number of hydrogen-bond acceptors (Lipinski definition) is 3. The van der Waals surface area contributed by atoms with E-state index in [9.17, 15) is 0 Å². The van der Waals surface area contributed by atoms with Crippen LogP contribution < -0.4 is 5.32 Å². The Bertz CT molecular complexity index is 485. The summed E-state index contributed by atoms with van der Waals surface area (Å²) in [6, 6.07) is 2.55. The third kappa shape index (κ3) is 2.98. The van der Waals surface area contributed by atoms with Crippen molar-refractivity contribution in [2.75, 3.05) is 6.54 Å². The van der Waals surface area contributed by atoms with Crippen molar-refractivity contribution in [1.82, 2.24) is 24.6 Å². The summed E-state index contributed by atoms with van der Waals surface area (Å²) in [5.41, 5.74) is 1.31. The van der Waals surface area contributed by atoms with Crippen LogP contribution in [0.3, 0.4) is 0 Å². The van der Waals surface area contributed by atoms with Crippen molar-refractivity contribution < 1.29 is 0 Å². The minimum absolute atomic E-state index is 0.394. The molecule has 2 rings (SSSR count). The monoisotopic (exact) mass is 247 g/mol. The second-order valence-electron chi connectivity index (χ2n) is 4.59. The minimum Gasteiger partial charge on any atom is -0.346 e. The molecule has 0 fully saturated rings. The van der Waals surface area contributed by atoms with Crippen LogP contribution >= 0.6 is 0 Å². The number of nitrogens with zero attached hydrogens (tertiary/aromatic N) is 4. The summed E-state index contributed by atoms with van der Waals surface area (Å²) in [4.78, 5) is 4.23. The van der Waals surface area contributed by atoms with E-state index in [1.165, 1.54) is 5.56 Å². The number of rotatable bonds is 6. The van der Waals surface area contributed by atoms with Gasteiger partial charge in [0.25, 0.3) is 0 Å². The molecule has 0 aromatic carbocycles. The molecule has 2 aromatic rings. The Hall–Kier alpha value is -1.62. The van der Waals surface area contributed by atoms with Gasteiger partial charge in [0, 0.05) is 25.5 Å². The van der Waals surface area contributed by atoms with Crippen LogP contribution in [0.25, 0.3) is 0 Å². The summed E-state index contributed by atoms with van der Waals surface area (Å²) in [6.07, 6.45) is 7.01. The minimum atomic E-state index is 0.394. The Kier molecular flexibility index (Phi) is 4.15. The van der Waals surface area contributed by atoms with Gasteiger partial charge in [-0.05, 0) is 31.5 Å². The molecule has 2 heterocycles. The Morgan fingerprint density at radius 1 is 1.44 bits per heavy atom. The Labute approximate surface area is 108 Å². The number of hydrogen-bond donors (Lipinski definition) is 1. The van der Waals surface area contributed by atoms with Crippen LogP contribution in [-0.2, 0) is 13.6 Å². The summed E-state index contributed by atoms with van der Waals surface area (Å²) in [6.45, 7) is 6.18. The fourth-order valence-corrected chi connectivity index (χ4v) is 1.92. The molecule has 0 amide bonds. The van der Waals surface area contributed by atoms with E-state index in [0.717, 1.165) is 25.3 Å². The summed E-state index contributed by atoms with van der Waals surface area (Å²) in [5.74, 6) is 0.964. The van der Waals surface area contributed by atoms with Crippen molar-refractivity contribution in [3.05, 3.63) is 36.2 Å². The van der Waals surface area contributed by atoms with Crippen LogP contribution in [0, 0.1) is 0 Å². The topological polar surface area (TPSA) is 47.7 Å². The highest BCUT2D eigenvalue weighted by Crippen LogP contribution is 2.13. The normalized spacial score (nSPS) is 12.8. The van der Waals surface area contributed by atoms with E-state index in [4.69, 9.17) is 0 Å². The second-order valence-corrected chi connectivity index (χ2v) is 4.59. The molecule has 0 aliphatic rings. The van der Waals surface area contributed by atoms with E-state index in [1.807, 2.05) is 7.05 Å². The molecule has 18 heavy (non-hydrogen) atoms. The van der Waals surface area contributed by atoms with Gasteiger partial charge in [-0.1, -0.05) is 6.92 Å². The first kappa shape index (κ1) is 12.8. The zero-order chi connectivity index (χ0) is 13.0. The zero-order valence-corrected chi connectivity index (χ0v) is 11.3. The maximum atomic E-state index is 4.23. The lowest BCUT2D eigenvalue weighted by Gasteiger charge is -2.11. The van der Waals surface area contributed by atoms with Crippen molar-refractivity contribution in [3.63, 3.8) is 0 Å². The van der Waals surface area contributed by atoms with Crippen molar-refractivity contribution in [3.8, 4) is 0 Å². The largest absolute Gasteiger partial charge is 0.346 e. The Balaban J connectivity index is 2.00. The molecule has 1 atom stereocenters. The lowest BCUT2D eigenvalue weighted by atomic mass is 10.2. The van der Waals surface area contributed by atoms with E-state index in [0.29, 0.717) is 6.04 Å². The number of nitrogens with one attached hydrogen (secondary N) is 1. The highest BCUT2D eigenvalue weighted by atomic mass is 15.3. The fraction of sp³-hybridized carbons (Fsp3) is 0.538. The van der Waals surface area contributed by atoms with Gasteiger partial charge in [-0.15, -0.1) is 0 Å². The molecular weight excluding hydrogens is 226 g/mol. The van der Waals surface area contributed by atoms with Crippen molar-refractivity contribution in [1.29, 1.82) is 0 Å². The molecule has 0 aliphatic heterocycles. The average molecular weight is 247 g/mol. The van der Waals surface area contributed by atoms with Crippen LogP contribution in [0.1, 0.15) is 37.7 Å². The molecule has 0 bridgehead atoms. The van der Waals surface area contributed by atoms with E-state index < -0.39 is 0 Å². The summed E-state index contributed by atoms with van der Waals surface area (Å²) >= 11 is 0. The van der Waals surface area contributed by atoms with E-state index in [-0.39, 0.29) is 0 Å². The summed E-state index contributed by atoms with van der Waals surface area (Å²) in [7, 11) is 1.91. The van der Waals surface area contributed by atoms with Crippen LogP contribution in [0.4, 0.5) is 0 Å². The van der Waals surface area contributed by atoms with Gasteiger partial charge in [0.05, 0.1) is 6.54 Å². The predicted octanol–water partition coefficient (Wildman–Crippen LogP) is 1.73. The lowest BCUT2D eigenvalue weighted by molar-refractivity contribution is 0.568. The van der Waals surface area contributed by atoms with Crippen molar-refractivity contribution in [2.24, 2.45) is 7.05 Å². The summed E-state index contributed by atoms with van der Waals surface area (Å²) < 4.78 is 3.95. The SMILES string of the molecule is CCCNC(C)c1ccn(Cc2ncnn2C)c1. The first-order valence-electron chi connectivity index (χ1n) is 6.42. The molecule has 98 valence electrons. The Morgan fingerprint density at radius 3 is 2.94 bits per heavy atom. The molecular formula is C13H21N5. The van der Waals surface area contributed by atoms with Crippen LogP contribution in [0.15, 0.2) is 24.8 Å². The molecule has 5 heteroatoms.